The second-order valence-corrected chi connectivity index (χ2v) is 4.64. The second kappa shape index (κ2) is 4.59. The molecule has 7 nitrogen and oxygen atoms in total. The van der Waals surface area contributed by atoms with Crippen LogP contribution in [-0.2, 0) is 6.54 Å². The molecule has 3 rings (SSSR count). The van der Waals surface area contributed by atoms with E-state index in [1.165, 1.54) is 4.88 Å². The van der Waals surface area contributed by atoms with E-state index in [0.717, 1.165) is 5.39 Å². The summed E-state index contributed by atoms with van der Waals surface area (Å²) in [7, 11) is 0. The molecule has 8 heteroatoms. The fourth-order valence-corrected chi connectivity index (χ4v) is 2.26. The van der Waals surface area contributed by atoms with Crippen molar-refractivity contribution in [1.82, 2.24) is 20.2 Å². The summed E-state index contributed by atoms with van der Waals surface area (Å²) in [5, 5.41) is 12.9. The average molecular weight is 261 g/mol. The Hall–Kier alpha value is -2.19. The summed E-state index contributed by atoms with van der Waals surface area (Å²) in [5.41, 5.74) is 3.08. The molecular formula is C10H11N7S. The Bertz CT molecular complexity index is 645. The molecule has 0 saturated carbocycles. The van der Waals surface area contributed by atoms with Crippen LogP contribution in [0, 0.1) is 0 Å². The molecule has 0 aliphatic rings. The Morgan fingerprint density at radius 1 is 1.39 bits per heavy atom. The molecule has 0 atom stereocenters. The summed E-state index contributed by atoms with van der Waals surface area (Å²) < 4.78 is 0. The Kier molecular flexibility index (Phi) is 2.79. The molecular weight excluding hydrogens is 250 g/mol. The smallest absolute Gasteiger partial charge is 0.241 e. The van der Waals surface area contributed by atoms with Crippen molar-refractivity contribution in [3.8, 4) is 0 Å². The van der Waals surface area contributed by atoms with Crippen LogP contribution in [0.4, 0.5) is 11.8 Å². The van der Waals surface area contributed by atoms with E-state index < -0.39 is 0 Å². The largest absolute Gasteiger partial charge is 0.364 e. The maximum Gasteiger partial charge on any atom is 0.241 e. The van der Waals surface area contributed by atoms with Crippen LogP contribution in [0.1, 0.15) is 4.88 Å². The van der Waals surface area contributed by atoms with Gasteiger partial charge in [0.15, 0.2) is 5.65 Å². The number of aromatic nitrogens is 4. The first-order valence-corrected chi connectivity index (χ1v) is 6.19. The first-order chi connectivity index (χ1) is 8.86. The van der Waals surface area contributed by atoms with E-state index in [-0.39, 0.29) is 0 Å². The van der Waals surface area contributed by atoms with Gasteiger partial charge < -0.3 is 5.32 Å². The van der Waals surface area contributed by atoms with Crippen LogP contribution in [-0.4, -0.2) is 20.2 Å². The number of hydrazine groups is 1. The summed E-state index contributed by atoms with van der Waals surface area (Å²) in [4.78, 5) is 9.66. The number of nitrogens with two attached hydrogens (primary N) is 1. The predicted molar refractivity (Wildman–Crippen MR) is 71.1 cm³/mol. The van der Waals surface area contributed by atoms with Crippen LogP contribution in [0.15, 0.2) is 23.7 Å². The van der Waals surface area contributed by atoms with E-state index in [2.05, 4.69) is 37.0 Å². The number of anilines is 2. The van der Waals surface area contributed by atoms with Crippen molar-refractivity contribution in [1.29, 1.82) is 0 Å². The zero-order valence-corrected chi connectivity index (χ0v) is 10.2. The lowest BCUT2D eigenvalue weighted by atomic mass is 10.4. The quantitative estimate of drug-likeness (QED) is 0.417. The molecule has 0 spiro atoms. The van der Waals surface area contributed by atoms with E-state index in [0.29, 0.717) is 24.0 Å². The minimum absolute atomic E-state index is 0.348. The van der Waals surface area contributed by atoms with Gasteiger partial charge in [-0.15, -0.1) is 11.3 Å². The van der Waals surface area contributed by atoms with Gasteiger partial charge in [0, 0.05) is 4.88 Å². The number of H-pyrrole nitrogens is 1. The molecule has 0 saturated heterocycles. The fourth-order valence-electron chi connectivity index (χ4n) is 1.62. The first-order valence-electron chi connectivity index (χ1n) is 5.31. The topological polar surface area (TPSA) is 105 Å². The SMILES string of the molecule is NNc1nc(NCc2cccs2)c2cn[nH]c2n1. The van der Waals surface area contributed by atoms with Crippen LogP contribution in [0.5, 0.6) is 0 Å². The highest BCUT2D eigenvalue weighted by Crippen LogP contribution is 2.20. The molecule has 18 heavy (non-hydrogen) atoms. The number of thiophene rings is 1. The van der Waals surface area contributed by atoms with Crippen LogP contribution < -0.4 is 16.6 Å². The molecule has 0 radical (unpaired) electrons. The Labute approximate surface area is 106 Å². The molecule has 5 N–H and O–H groups in total. The zero-order valence-electron chi connectivity index (χ0n) is 9.34. The summed E-state index contributed by atoms with van der Waals surface area (Å²) in [5.74, 6) is 6.39. The van der Waals surface area contributed by atoms with Crippen LogP contribution in [0.3, 0.4) is 0 Å². The highest BCUT2D eigenvalue weighted by atomic mass is 32.1. The summed E-state index contributed by atoms with van der Waals surface area (Å²) in [6, 6.07) is 4.08. The van der Waals surface area contributed by atoms with Crippen molar-refractivity contribution in [3.05, 3.63) is 28.6 Å². The molecule has 0 aromatic carbocycles. The molecule has 0 fully saturated rings. The standard InChI is InChI=1S/C10H11N7S/c11-16-10-14-8(7-5-13-17-9(7)15-10)12-4-6-2-1-3-18-6/h1-3,5H,4,11H2,(H3,12,13,14,15,16,17). The van der Waals surface area contributed by atoms with Crippen LogP contribution in [0.25, 0.3) is 11.0 Å². The minimum atomic E-state index is 0.348. The van der Waals surface area contributed by atoms with Gasteiger partial charge >= 0.3 is 0 Å². The van der Waals surface area contributed by atoms with E-state index in [1.807, 2.05) is 11.4 Å². The van der Waals surface area contributed by atoms with E-state index in [1.54, 1.807) is 17.5 Å². The van der Waals surface area contributed by atoms with Crippen molar-refractivity contribution in [3.63, 3.8) is 0 Å². The van der Waals surface area contributed by atoms with Crippen molar-refractivity contribution in [2.45, 2.75) is 6.54 Å². The number of hydrogen-bond acceptors (Lipinski definition) is 7. The van der Waals surface area contributed by atoms with E-state index >= 15 is 0 Å². The summed E-state index contributed by atoms with van der Waals surface area (Å²) in [6.45, 7) is 0.707. The number of fused-ring (bicyclic) bond motifs is 1. The molecule has 0 aliphatic heterocycles. The second-order valence-electron chi connectivity index (χ2n) is 3.61. The van der Waals surface area contributed by atoms with Gasteiger partial charge in [0.2, 0.25) is 5.95 Å². The third-order valence-electron chi connectivity index (χ3n) is 2.45. The number of nitrogen functional groups attached to an aromatic ring is 1. The highest BCUT2D eigenvalue weighted by Gasteiger charge is 2.08. The average Bonchev–Trinajstić information content (AvgIpc) is 3.06. The van der Waals surface area contributed by atoms with Gasteiger partial charge in [-0.3, -0.25) is 10.5 Å². The Balaban J connectivity index is 1.92. The number of aromatic amines is 1. The lowest BCUT2D eigenvalue weighted by Gasteiger charge is -2.06. The molecule has 0 aliphatic carbocycles. The lowest BCUT2D eigenvalue weighted by Crippen LogP contribution is -2.12. The van der Waals surface area contributed by atoms with Crippen LogP contribution in [0.2, 0.25) is 0 Å². The summed E-state index contributed by atoms with van der Waals surface area (Å²) >= 11 is 1.69. The molecule has 3 aromatic rings. The van der Waals surface area contributed by atoms with Crippen LogP contribution >= 0.6 is 11.3 Å². The van der Waals surface area contributed by atoms with Gasteiger partial charge in [0.05, 0.1) is 18.1 Å². The van der Waals surface area contributed by atoms with Gasteiger partial charge in [-0.2, -0.15) is 15.1 Å². The first kappa shape index (κ1) is 10.9. The number of hydrogen-bond donors (Lipinski definition) is 4. The zero-order chi connectivity index (χ0) is 12.4. The van der Waals surface area contributed by atoms with E-state index in [4.69, 9.17) is 5.84 Å². The predicted octanol–water partition coefficient (Wildman–Crippen LogP) is 1.31. The van der Waals surface area contributed by atoms with Gasteiger partial charge in [-0.05, 0) is 11.4 Å². The monoisotopic (exact) mass is 261 g/mol. The van der Waals surface area contributed by atoms with Gasteiger partial charge in [0.25, 0.3) is 0 Å². The number of rotatable bonds is 4. The Morgan fingerprint density at radius 2 is 2.33 bits per heavy atom. The Morgan fingerprint density at radius 3 is 3.11 bits per heavy atom. The minimum Gasteiger partial charge on any atom is -0.364 e. The summed E-state index contributed by atoms with van der Waals surface area (Å²) in [6.07, 6.45) is 1.69. The molecule has 0 amide bonds. The molecule has 0 bridgehead atoms. The number of nitrogens with one attached hydrogen (secondary N) is 3. The fraction of sp³-hybridized carbons (Fsp3) is 0.100. The van der Waals surface area contributed by atoms with Crippen molar-refractivity contribution >= 4 is 34.1 Å². The van der Waals surface area contributed by atoms with Crippen molar-refractivity contribution < 1.29 is 0 Å². The third-order valence-corrected chi connectivity index (χ3v) is 3.33. The van der Waals surface area contributed by atoms with Gasteiger partial charge in [0.1, 0.15) is 5.82 Å². The molecule has 0 unspecified atom stereocenters. The number of nitrogens with zero attached hydrogens (tertiary/aromatic N) is 3. The van der Waals surface area contributed by atoms with Gasteiger partial charge in [-0.1, -0.05) is 6.07 Å². The maximum atomic E-state index is 5.33. The normalized spacial score (nSPS) is 10.7. The lowest BCUT2D eigenvalue weighted by molar-refractivity contribution is 1.07. The third kappa shape index (κ3) is 1.98. The van der Waals surface area contributed by atoms with Crippen molar-refractivity contribution in [2.75, 3.05) is 10.7 Å². The highest BCUT2D eigenvalue weighted by molar-refractivity contribution is 7.09. The van der Waals surface area contributed by atoms with Gasteiger partial charge in [-0.25, -0.2) is 5.84 Å². The molecule has 92 valence electrons. The van der Waals surface area contributed by atoms with E-state index in [9.17, 15) is 0 Å². The maximum absolute atomic E-state index is 5.33. The van der Waals surface area contributed by atoms with Crippen molar-refractivity contribution in [2.24, 2.45) is 5.84 Å². The molecule has 3 aromatic heterocycles. The molecule has 3 heterocycles.